The Kier molecular flexibility index (Phi) is 5.41. The zero-order valence-corrected chi connectivity index (χ0v) is 18.0. The third kappa shape index (κ3) is 4.05. The van der Waals surface area contributed by atoms with Crippen molar-refractivity contribution in [2.45, 2.75) is 18.4 Å². The smallest absolute Gasteiger partial charge is 0.387 e. The third-order valence-electron chi connectivity index (χ3n) is 5.21. The van der Waals surface area contributed by atoms with Gasteiger partial charge in [-0.05, 0) is 41.3 Å². The number of alkyl halides is 2. The van der Waals surface area contributed by atoms with Gasteiger partial charge in [0.25, 0.3) is 0 Å². The number of para-hydroxylation sites is 2. The van der Waals surface area contributed by atoms with Crippen LogP contribution < -0.4 is 15.4 Å². The summed E-state index contributed by atoms with van der Waals surface area (Å²) in [6.07, 6.45) is 2.70. The summed E-state index contributed by atoms with van der Waals surface area (Å²) in [5.74, 6) is 0.169. The zero-order valence-electron chi connectivity index (χ0n) is 16.4. The normalized spacial score (nSPS) is 18.0. The van der Waals surface area contributed by atoms with Crippen molar-refractivity contribution in [3.8, 4) is 16.2 Å². The van der Waals surface area contributed by atoms with Crippen LogP contribution in [-0.2, 0) is 0 Å². The number of ether oxygens (including phenoxy) is 1. The second-order valence-corrected chi connectivity index (χ2v) is 9.22. The number of halogens is 2. The average Bonchev–Trinajstić information content (AvgIpc) is 3.43. The minimum Gasteiger partial charge on any atom is -0.433 e. The summed E-state index contributed by atoms with van der Waals surface area (Å²) >= 11 is 3.33. The summed E-state index contributed by atoms with van der Waals surface area (Å²) in [7, 11) is 0. The van der Waals surface area contributed by atoms with Crippen LogP contribution in [0.5, 0.6) is 5.75 Å². The van der Waals surface area contributed by atoms with Crippen LogP contribution in [0.25, 0.3) is 10.4 Å². The number of thioether (sulfide) groups is 1. The van der Waals surface area contributed by atoms with E-state index in [1.54, 1.807) is 41.3 Å². The summed E-state index contributed by atoms with van der Waals surface area (Å²) in [6, 6.07) is 17.1. The molecule has 0 saturated carbocycles. The molecule has 0 saturated heterocycles. The molecule has 0 spiro atoms. The molecule has 0 amide bonds. The van der Waals surface area contributed by atoms with Crippen LogP contribution in [0, 0.1) is 0 Å². The summed E-state index contributed by atoms with van der Waals surface area (Å²) < 4.78 is 30.3. The van der Waals surface area contributed by atoms with Gasteiger partial charge in [0.2, 0.25) is 0 Å². The third-order valence-corrected chi connectivity index (χ3v) is 7.30. The van der Waals surface area contributed by atoms with Crippen LogP contribution in [-0.4, -0.2) is 18.9 Å². The Hall–Kier alpha value is -2.84. The lowest BCUT2D eigenvalue weighted by atomic mass is 10.1. The number of thiophene rings is 1. The maximum absolute atomic E-state index is 12.8. The SMILES string of the molecule is Nc1ccc(-c2cccs2)cc1C1N=C2CCN(c3ccccc3OC(F)F)C=C2S1. The number of nitrogen functional groups attached to an aromatic ring is 1. The topological polar surface area (TPSA) is 50.8 Å². The van der Waals surface area contributed by atoms with E-state index in [1.807, 2.05) is 35.4 Å². The Bertz CT molecular complexity index is 1160. The van der Waals surface area contributed by atoms with E-state index in [9.17, 15) is 8.78 Å². The first kappa shape index (κ1) is 20.1. The Morgan fingerprint density at radius 3 is 2.81 bits per heavy atom. The highest BCUT2D eigenvalue weighted by atomic mass is 32.2. The summed E-state index contributed by atoms with van der Waals surface area (Å²) in [4.78, 5) is 9.09. The van der Waals surface area contributed by atoms with Crippen LogP contribution >= 0.6 is 23.1 Å². The number of hydrogen-bond acceptors (Lipinski definition) is 6. The molecule has 0 radical (unpaired) electrons. The zero-order chi connectivity index (χ0) is 21.4. The first-order chi connectivity index (χ1) is 15.1. The summed E-state index contributed by atoms with van der Waals surface area (Å²) in [6.45, 7) is -2.22. The van der Waals surface area contributed by atoms with Crippen molar-refractivity contribution in [2.24, 2.45) is 4.99 Å². The molecule has 8 heteroatoms. The van der Waals surface area contributed by atoms with Crippen LogP contribution in [0.15, 0.2) is 76.1 Å². The summed E-state index contributed by atoms with van der Waals surface area (Å²) in [5, 5.41) is 1.94. The van der Waals surface area contributed by atoms with Crippen molar-refractivity contribution in [2.75, 3.05) is 17.2 Å². The van der Waals surface area contributed by atoms with Gasteiger partial charge in [-0.1, -0.05) is 36.0 Å². The number of rotatable bonds is 5. The first-order valence-corrected chi connectivity index (χ1v) is 11.5. The molecule has 5 rings (SSSR count). The second kappa shape index (κ2) is 8.36. The Morgan fingerprint density at radius 1 is 1.13 bits per heavy atom. The molecule has 3 heterocycles. The van der Waals surface area contributed by atoms with E-state index in [0.717, 1.165) is 28.2 Å². The molecular weight excluding hydrogens is 436 g/mol. The van der Waals surface area contributed by atoms with E-state index in [4.69, 9.17) is 15.5 Å². The van der Waals surface area contributed by atoms with Crippen LogP contribution in [0.1, 0.15) is 17.4 Å². The van der Waals surface area contributed by atoms with Gasteiger partial charge < -0.3 is 15.4 Å². The van der Waals surface area contributed by atoms with Gasteiger partial charge in [0.1, 0.15) is 11.1 Å². The van der Waals surface area contributed by atoms with Crippen LogP contribution in [0.3, 0.4) is 0 Å². The molecule has 0 bridgehead atoms. The molecule has 2 aliphatic rings. The standard InChI is InChI=1S/C23H19F2N3OS2/c24-23(25)29-19-5-2-1-4-18(19)28-10-9-17-21(13-28)31-22(27-17)15-12-14(7-8-16(15)26)20-6-3-11-30-20/h1-8,11-13,22-23H,9-10,26H2. The highest BCUT2D eigenvalue weighted by Gasteiger charge is 2.30. The number of nitrogens with two attached hydrogens (primary N) is 1. The van der Waals surface area contributed by atoms with E-state index >= 15 is 0 Å². The van der Waals surface area contributed by atoms with Crippen molar-refractivity contribution in [1.82, 2.24) is 0 Å². The fraction of sp³-hybridized carbons (Fsp3) is 0.174. The van der Waals surface area contributed by atoms with E-state index in [1.165, 1.54) is 4.88 Å². The predicted molar refractivity (Wildman–Crippen MR) is 125 cm³/mol. The molecule has 2 aliphatic heterocycles. The highest BCUT2D eigenvalue weighted by molar-refractivity contribution is 8.04. The summed E-state index contributed by atoms with van der Waals surface area (Å²) in [5.41, 5.74) is 10.8. The quantitative estimate of drug-likeness (QED) is 0.444. The molecule has 2 aromatic carbocycles. The van der Waals surface area contributed by atoms with Gasteiger partial charge in [-0.3, -0.25) is 4.99 Å². The molecule has 31 heavy (non-hydrogen) atoms. The molecule has 3 aromatic rings. The minimum atomic E-state index is -2.86. The van der Waals surface area contributed by atoms with Crippen molar-refractivity contribution < 1.29 is 13.5 Å². The molecule has 2 N–H and O–H groups in total. The number of anilines is 2. The molecule has 1 atom stereocenters. The molecular formula is C23H19F2N3OS2. The Labute approximate surface area is 187 Å². The van der Waals surface area contributed by atoms with Gasteiger partial charge in [-0.2, -0.15) is 8.78 Å². The fourth-order valence-electron chi connectivity index (χ4n) is 3.74. The van der Waals surface area contributed by atoms with Gasteiger partial charge in [0.15, 0.2) is 0 Å². The first-order valence-electron chi connectivity index (χ1n) is 9.78. The number of allylic oxidation sites excluding steroid dienone is 1. The molecule has 1 aromatic heterocycles. The van der Waals surface area contributed by atoms with Gasteiger partial charge in [0, 0.05) is 40.2 Å². The predicted octanol–water partition coefficient (Wildman–Crippen LogP) is 6.54. The highest BCUT2D eigenvalue weighted by Crippen LogP contribution is 2.48. The van der Waals surface area contributed by atoms with Crippen molar-refractivity contribution >= 4 is 40.2 Å². The Balaban J connectivity index is 1.42. The van der Waals surface area contributed by atoms with Gasteiger partial charge in [-0.25, -0.2) is 0 Å². The van der Waals surface area contributed by atoms with E-state index < -0.39 is 6.61 Å². The van der Waals surface area contributed by atoms with Crippen molar-refractivity contribution in [1.29, 1.82) is 0 Å². The number of hydrogen-bond donors (Lipinski definition) is 1. The largest absolute Gasteiger partial charge is 0.433 e. The molecule has 1 unspecified atom stereocenters. The van der Waals surface area contributed by atoms with Crippen LogP contribution in [0.4, 0.5) is 20.2 Å². The number of fused-ring (bicyclic) bond motifs is 1. The van der Waals surface area contributed by atoms with E-state index in [0.29, 0.717) is 17.9 Å². The number of nitrogens with zero attached hydrogens (tertiary/aromatic N) is 2. The molecule has 0 fully saturated rings. The fourth-order valence-corrected chi connectivity index (χ4v) is 5.70. The maximum atomic E-state index is 12.8. The average molecular weight is 456 g/mol. The van der Waals surface area contributed by atoms with Crippen molar-refractivity contribution in [3.63, 3.8) is 0 Å². The maximum Gasteiger partial charge on any atom is 0.387 e. The lowest BCUT2D eigenvalue weighted by Crippen LogP contribution is -2.26. The number of benzene rings is 2. The molecule has 0 aliphatic carbocycles. The molecule has 4 nitrogen and oxygen atoms in total. The lowest BCUT2D eigenvalue weighted by Gasteiger charge is -2.27. The monoisotopic (exact) mass is 455 g/mol. The van der Waals surface area contributed by atoms with Gasteiger partial charge in [-0.15, -0.1) is 11.3 Å². The van der Waals surface area contributed by atoms with Crippen LogP contribution in [0.2, 0.25) is 0 Å². The Morgan fingerprint density at radius 2 is 2.00 bits per heavy atom. The van der Waals surface area contributed by atoms with E-state index in [2.05, 4.69) is 17.5 Å². The van der Waals surface area contributed by atoms with Crippen molar-refractivity contribution in [3.05, 3.63) is 76.6 Å². The van der Waals surface area contributed by atoms with Gasteiger partial charge in [0.05, 0.1) is 11.4 Å². The molecule has 158 valence electrons. The van der Waals surface area contributed by atoms with Gasteiger partial charge >= 0.3 is 6.61 Å². The number of aliphatic imine (C=N–C) groups is 1. The lowest BCUT2D eigenvalue weighted by molar-refractivity contribution is -0.0494. The van der Waals surface area contributed by atoms with E-state index in [-0.39, 0.29) is 11.1 Å². The minimum absolute atomic E-state index is 0.117. The second-order valence-electron chi connectivity index (χ2n) is 7.15.